The van der Waals surface area contributed by atoms with E-state index in [1.165, 1.54) is 6.33 Å². The van der Waals surface area contributed by atoms with Gasteiger partial charge in [0.25, 0.3) is 0 Å². The van der Waals surface area contributed by atoms with Crippen LogP contribution >= 0.6 is 0 Å². The summed E-state index contributed by atoms with van der Waals surface area (Å²) in [6, 6.07) is 1.73. The fourth-order valence-electron chi connectivity index (χ4n) is 0.622. The molecule has 0 bridgehead atoms. The molecule has 1 N–H and O–H groups in total. The van der Waals surface area contributed by atoms with E-state index in [1.54, 1.807) is 12.3 Å². The molecule has 0 aliphatic heterocycles. The molecule has 11 heavy (non-hydrogen) atoms. The zero-order chi connectivity index (χ0) is 7.94. The first-order chi connectivity index (χ1) is 5.43. The fraction of sp³-hybridized carbons (Fsp3) is 0.429. The molecule has 1 rings (SSSR count). The topological polar surface area (TPSA) is 47.0 Å². The van der Waals surface area contributed by atoms with Crippen LogP contribution in [-0.2, 0) is 0 Å². The predicted molar refractivity (Wildman–Crippen MR) is 41.5 cm³/mol. The molecule has 1 aromatic heterocycles. The molecule has 0 unspecified atom stereocenters. The van der Waals surface area contributed by atoms with Crippen molar-refractivity contribution >= 4 is 0 Å². The van der Waals surface area contributed by atoms with Crippen molar-refractivity contribution in [2.24, 2.45) is 0 Å². The van der Waals surface area contributed by atoms with Gasteiger partial charge in [-0.1, -0.05) is 0 Å². The second-order valence-corrected chi connectivity index (χ2v) is 2.00. The second kappa shape index (κ2) is 4.62. The Balaban J connectivity index is 2.28. The van der Waals surface area contributed by atoms with Crippen molar-refractivity contribution < 1.29 is 4.74 Å². The van der Waals surface area contributed by atoms with E-state index < -0.39 is 0 Å². The molecule has 4 heteroatoms. The van der Waals surface area contributed by atoms with Gasteiger partial charge in [0.2, 0.25) is 5.88 Å². The van der Waals surface area contributed by atoms with E-state index in [1.807, 2.05) is 7.05 Å². The van der Waals surface area contributed by atoms with E-state index in [-0.39, 0.29) is 0 Å². The minimum absolute atomic E-state index is 0.621. The van der Waals surface area contributed by atoms with E-state index in [2.05, 4.69) is 15.3 Å². The van der Waals surface area contributed by atoms with Crippen LogP contribution in [0.4, 0.5) is 0 Å². The number of likely N-dealkylation sites (N-methyl/N-ethyl adjacent to an activating group) is 1. The molecule has 4 nitrogen and oxygen atoms in total. The van der Waals surface area contributed by atoms with Crippen molar-refractivity contribution in [1.82, 2.24) is 15.3 Å². The molecule has 0 atom stereocenters. The number of ether oxygens (including phenoxy) is 1. The van der Waals surface area contributed by atoms with Crippen LogP contribution in [-0.4, -0.2) is 30.2 Å². The number of rotatable bonds is 4. The molecule has 0 amide bonds. The lowest BCUT2D eigenvalue weighted by molar-refractivity contribution is 0.306. The summed E-state index contributed by atoms with van der Waals surface area (Å²) in [6.45, 7) is 1.46. The Kier molecular flexibility index (Phi) is 3.34. The largest absolute Gasteiger partial charge is 0.476 e. The Hall–Kier alpha value is -1.16. The van der Waals surface area contributed by atoms with Crippen molar-refractivity contribution in [2.75, 3.05) is 20.2 Å². The highest BCUT2D eigenvalue weighted by Crippen LogP contribution is 1.99. The summed E-state index contributed by atoms with van der Waals surface area (Å²) < 4.78 is 5.23. The first kappa shape index (κ1) is 7.94. The minimum atomic E-state index is 0.621. The lowest BCUT2D eigenvalue weighted by atomic mass is 10.6. The lowest BCUT2D eigenvalue weighted by Crippen LogP contribution is -2.16. The summed E-state index contributed by atoms with van der Waals surface area (Å²) in [5, 5.41) is 2.97. The quantitative estimate of drug-likeness (QED) is 0.622. The predicted octanol–water partition coefficient (Wildman–Crippen LogP) is 0.0748. The van der Waals surface area contributed by atoms with Crippen LogP contribution in [0.15, 0.2) is 18.6 Å². The van der Waals surface area contributed by atoms with Crippen LogP contribution in [0.2, 0.25) is 0 Å². The molecule has 0 aromatic carbocycles. The molecule has 0 saturated carbocycles. The van der Waals surface area contributed by atoms with Gasteiger partial charge in [-0.2, -0.15) is 0 Å². The van der Waals surface area contributed by atoms with E-state index >= 15 is 0 Å². The highest BCUT2D eigenvalue weighted by Gasteiger charge is 1.90. The SMILES string of the molecule is CNCCOc1ccncn1. The van der Waals surface area contributed by atoms with Gasteiger partial charge in [0.05, 0.1) is 0 Å². The standard InChI is InChI=1S/C7H11N3O/c1-8-4-5-11-7-2-3-9-6-10-7/h2-3,6,8H,4-5H2,1H3. The maximum Gasteiger partial charge on any atom is 0.216 e. The normalized spacial score (nSPS) is 9.55. The monoisotopic (exact) mass is 153 g/mol. The van der Waals surface area contributed by atoms with Gasteiger partial charge < -0.3 is 10.1 Å². The number of nitrogens with zero attached hydrogens (tertiary/aromatic N) is 2. The summed E-state index contributed by atoms with van der Waals surface area (Å²) in [6.07, 6.45) is 3.12. The summed E-state index contributed by atoms with van der Waals surface area (Å²) in [5.41, 5.74) is 0. The van der Waals surface area contributed by atoms with Gasteiger partial charge in [0.1, 0.15) is 12.9 Å². The van der Waals surface area contributed by atoms with Gasteiger partial charge in [-0.15, -0.1) is 0 Å². The minimum Gasteiger partial charge on any atom is -0.476 e. The smallest absolute Gasteiger partial charge is 0.216 e. The average molecular weight is 153 g/mol. The van der Waals surface area contributed by atoms with Gasteiger partial charge in [0, 0.05) is 18.8 Å². The molecular formula is C7H11N3O. The van der Waals surface area contributed by atoms with Gasteiger partial charge >= 0.3 is 0 Å². The van der Waals surface area contributed by atoms with Crippen molar-refractivity contribution in [3.63, 3.8) is 0 Å². The number of nitrogens with one attached hydrogen (secondary N) is 1. The van der Waals surface area contributed by atoms with Crippen LogP contribution in [0, 0.1) is 0 Å². The van der Waals surface area contributed by atoms with E-state index in [0.717, 1.165) is 6.54 Å². The molecular weight excluding hydrogens is 142 g/mol. The Morgan fingerprint density at radius 3 is 3.18 bits per heavy atom. The van der Waals surface area contributed by atoms with Gasteiger partial charge in [0.15, 0.2) is 0 Å². The van der Waals surface area contributed by atoms with E-state index in [4.69, 9.17) is 4.74 Å². The van der Waals surface area contributed by atoms with E-state index in [0.29, 0.717) is 12.5 Å². The first-order valence-electron chi connectivity index (χ1n) is 3.47. The maximum absolute atomic E-state index is 5.23. The van der Waals surface area contributed by atoms with Crippen molar-refractivity contribution in [2.45, 2.75) is 0 Å². The number of hydrogen-bond acceptors (Lipinski definition) is 4. The molecule has 0 aliphatic carbocycles. The van der Waals surface area contributed by atoms with Crippen LogP contribution in [0.3, 0.4) is 0 Å². The average Bonchev–Trinajstić information content (AvgIpc) is 2.07. The molecule has 0 saturated heterocycles. The Bertz CT molecular complexity index is 190. The fourth-order valence-corrected chi connectivity index (χ4v) is 0.622. The Labute approximate surface area is 65.6 Å². The highest BCUT2D eigenvalue weighted by molar-refractivity contribution is 5.03. The second-order valence-electron chi connectivity index (χ2n) is 2.00. The summed E-state index contributed by atoms with van der Waals surface area (Å²) in [4.78, 5) is 7.66. The molecule has 1 heterocycles. The van der Waals surface area contributed by atoms with Crippen LogP contribution in [0.1, 0.15) is 0 Å². The molecule has 0 aliphatic rings. The molecule has 60 valence electrons. The van der Waals surface area contributed by atoms with Crippen molar-refractivity contribution in [1.29, 1.82) is 0 Å². The highest BCUT2D eigenvalue weighted by atomic mass is 16.5. The Morgan fingerprint density at radius 2 is 2.55 bits per heavy atom. The van der Waals surface area contributed by atoms with E-state index in [9.17, 15) is 0 Å². The molecule has 0 fully saturated rings. The third kappa shape index (κ3) is 2.95. The molecule has 0 spiro atoms. The first-order valence-corrected chi connectivity index (χ1v) is 3.47. The van der Waals surface area contributed by atoms with Crippen LogP contribution in [0.25, 0.3) is 0 Å². The van der Waals surface area contributed by atoms with Crippen LogP contribution < -0.4 is 10.1 Å². The van der Waals surface area contributed by atoms with Gasteiger partial charge in [-0.3, -0.25) is 0 Å². The van der Waals surface area contributed by atoms with Crippen LogP contribution in [0.5, 0.6) is 5.88 Å². The zero-order valence-corrected chi connectivity index (χ0v) is 6.45. The lowest BCUT2D eigenvalue weighted by Gasteiger charge is -2.02. The van der Waals surface area contributed by atoms with Crippen molar-refractivity contribution in [3.8, 4) is 5.88 Å². The number of aromatic nitrogens is 2. The molecule has 0 radical (unpaired) electrons. The maximum atomic E-state index is 5.23. The third-order valence-electron chi connectivity index (χ3n) is 1.16. The van der Waals surface area contributed by atoms with Crippen molar-refractivity contribution in [3.05, 3.63) is 18.6 Å². The number of hydrogen-bond donors (Lipinski definition) is 1. The summed E-state index contributed by atoms with van der Waals surface area (Å²) >= 11 is 0. The summed E-state index contributed by atoms with van der Waals surface area (Å²) in [7, 11) is 1.88. The zero-order valence-electron chi connectivity index (χ0n) is 6.45. The van der Waals surface area contributed by atoms with Gasteiger partial charge in [-0.05, 0) is 7.05 Å². The molecule has 1 aromatic rings. The third-order valence-corrected chi connectivity index (χ3v) is 1.16. The van der Waals surface area contributed by atoms with Gasteiger partial charge in [-0.25, -0.2) is 9.97 Å². The summed E-state index contributed by atoms with van der Waals surface area (Å²) in [5.74, 6) is 0.621. The Morgan fingerprint density at radius 1 is 1.64 bits per heavy atom.